The molecule has 0 spiro atoms. The lowest BCUT2D eigenvalue weighted by atomic mass is 9.73. The summed E-state index contributed by atoms with van der Waals surface area (Å²) in [7, 11) is 0. The van der Waals surface area contributed by atoms with E-state index < -0.39 is 22.7 Å². The minimum atomic E-state index is -0.938. The van der Waals surface area contributed by atoms with E-state index >= 15 is 0 Å². The summed E-state index contributed by atoms with van der Waals surface area (Å²) in [6.45, 7) is 0.236. The van der Waals surface area contributed by atoms with Crippen LogP contribution in [0.4, 0.5) is 5.69 Å². The molecule has 1 amide bonds. The molecule has 0 saturated heterocycles. The Morgan fingerprint density at radius 2 is 1.85 bits per heavy atom. The van der Waals surface area contributed by atoms with Crippen LogP contribution in [0.1, 0.15) is 18.4 Å². The third-order valence-electron chi connectivity index (χ3n) is 3.54. The predicted octanol–water partition coefficient (Wildman–Crippen LogP) is 1.32. The molecular formula is C13H14N2O5. The van der Waals surface area contributed by atoms with E-state index in [1.54, 1.807) is 12.1 Å². The number of carbonyl (C=O) groups is 2. The molecule has 2 rings (SSSR count). The summed E-state index contributed by atoms with van der Waals surface area (Å²) in [5.41, 5.74) is 0.722. The number of non-ortho nitro benzene ring substituents is 1. The zero-order valence-electron chi connectivity index (χ0n) is 10.6. The fraction of sp³-hybridized carbons (Fsp3) is 0.385. The van der Waals surface area contributed by atoms with E-state index in [0.29, 0.717) is 12.8 Å². The van der Waals surface area contributed by atoms with E-state index in [1.807, 2.05) is 0 Å². The molecule has 106 valence electrons. The summed E-state index contributed by atoms with van der Waals surface area (Å²) >= 11 is 0. The van der Waals surface area contributed by atoms with Crippen LogP contribution in [0.25, 0.3) is 0 Å². The van der Waals surface area contributed by atoms with Gasteiger partial charge in [-0.15, -0.1) is 0 Å². The van der Waals surface area contributed by atoms with Crippen molar-refractivity contribution >= 4 is 17.6 Å². The van der Waals surface area contributed by atoms with E-state index in [9.17, 15) is 19.7 Å². The maximum absolute atomic E-state index is 11.8. The number of nitrogens with one attached hydrogen (secondary N) is 1. The van der Waals surface area contributed by atoms with Crippen molar-refractivity contribution in [2.45, 2.75) is 19.4 Å². The first-order valence-electron chi connectivity index (χ1n) is 6.23. The van der Waals surface area contributed by atoms with Gasteiger partial charge in [-0.1, -0.05) is 12.1 Å². The number of hydrogen-bond donors (Lipinski definition) is 2. The van der Waals surface area contributed by atoms with Gasteiger partial charge in [-0.3, -0.25) is 19.7 Å². The summed E-state index contributed by atoms with van der Waals surface area (Å²) in [5.74, 6) is -2.27. The highest BCUT2D eigenvalue weighted by molar-refractivity contribution is 5.86. The second-order valence-electron chi connectivity index (χ2n) is 4.77. The van der Waals surface area contributed by atoms with Crippen LogP contribution >= 0.6 is 0 Å². The molecule has 2 atom stereocenters. The number of carboxylic acids is 1. The number of carboxylic acid groups (broad SMARTS) is 1. The van der Waals surface area contributed by atoms with Crippen molar-refractivity contribution in [3.05, 3.63) is 39.9 Å². The van der Waals surface area contributed by atoms with Crippen LogP contribution in [-0.2, 0) is 16.1 Å². The highest BCUT2D eigenvalue weighted by atomic mass is 16.6. The first-order valence-corrected chi connectivity index (χ1v) is 6.23. The zero-order valence-corrected chi connectivity index (χ0v) is 10.6. The summed E-state index contributed by atoms with van der Waals surface area (Å²) in [4.78, 5) is 32.6. The second-order valence-corrected chi connectivity index (χ2v) is 4.77. The number of amides is 1. The van der Waals surface area contributed by atoms with Gasteiger partial charge in [-0.05, 0) is 18.4 Å². The Balaban J connectivity index is 1.87. The van der Waals surface area contributed by atoms with Crippen LogP contribution in [0.15, 0.2) is 24.3 Å². The Hall–Kier alpha value is -2.44. The van der Waals surface area contributed by atoms with Crippen molar-refractivity contribution in [3.8, 4) is 0 Å². The SMILES string of the molecule is O=C(O)C1CCC1C(=O)NCc1ccc([N+](=O)[O-])cc1. The van der Waals surface area contributed by atoms with Crippen molar-refractivity contribution in [1.82, 2.24) is 5.32 Å². The molecule has 0 heterocycles. The Labute approximate surface area is 114 Å². The van der Waals surface area contributed by atoms with Crippen molar-refractivity contribution in [2.24, 2.45) is 11.8 Å². The molecule has 2 unspecified atom stereocenters. The van der Waals surface area contributed by atoms with Gasteiger partial charge in [0.2, 0.25) is 5.91 Å². The molecule has 20 heavy (non-hydrogen) atoms. The Kier molecular flexibility index (Phi) is 3.97. The zero-order chi connectivity index (χ0) is 14.7. The number of nitrogens with zero attached hydrogens (tertiary/aromatic N) is 1. The molecule has 1 aliphatic carbocycles. The summed E-state index contributed by atoms with van der Waals surface area (Å²) in [5, 5.41) is 22.0. The highest BCUT2D eigenvalue weighted by Gasteiger charge is 2.41. The number of nitro groups is 1. The van der Waals surface area contributed by atoms with E-state index in [2.05, 4.69) is 5.32 Å². The fourth-order valence-electron chi connectivity index (χ4n) is 2.17. The molecule has 1 saturated carbocycles. The number of rotatable bonds is 5. The Bertz CT molecular complexity index is 540. The largest absolute Gasteiger partial charge is 0.481 e. The maximum Gasteiger partial charge on any atom is 0.307 e. The first kappa shape index (κ1) is 14.0. The second kappa shape index (κ2) is 5.68. The minimum absolute atomic E-state index is 0.00925. The molecule has 0 aliphatic heterocycles. The maximum atomic E-state index is 11.8. The monoisotopic (exact) mass is 278 g/mol. The Morgan fingerprint density at radius 3 is 2.30 bits per heavy atom. The summed E-state index contributed by atoms with van der Waals surface area (Å²) in [6, 6.07) is 5.86. The van der Waals surface area contributed by atoms with Gasteiger partial charge >= 0.3 is 5.97 Å². The average molecular weight is 278 g/mol. The van der Waals surface area contributed by atoms with Crippen LogP contribution in [0, 0.1) is 22.0 Å². The van der Waals surface area contributed by atoms with Crippen molar-refractivity contribution < 1.29 is 19.6 Å². The molecular weight excluding hydrogens is 264 g/mol. The first-order chi connectivity index (χ1) is 9.49. The topological polar surface area (TPSA) is 110 Å². The van der Waals surface area contributed by atoms with E-state index in [-0.39, 0.29) is 18.1 Å². The predicted molar refractivity (Wildman–Crippen MR) is 68.8 cm³/mol. The standard InChI is InChI=1S/C13H14N2O5/c16-12(10-5-6-11(10)13(17)18)14-7-8-1-3-9(4-2-8)15(19)20/h1-4,10-11H,5-7H2,(H,14,16)(H,17,18). The molecule has 1 aromatic carbocycles. The lowest BCUT2D eigenvalue weighted by Gasteiger charge is -2.31. The molecule has 7 heteroatoms. The quantitative estimate of drug-likeness (QED) is 0.623. The number of aliphatic carboxylic acids is 1. The highest BCUT2D eigenvalue weighted by Crippen LogP contribution is 2.34. The Morgan fingerprint density at radius 1 is 1.25 bits per heavy atom. The molecule has 1 fully saturated rings. The van der Waals surface area contributed by atoms with Crippen LogP contribution in [0.5, 0.6) is 0 Å². The summed E-state index contributed by atoms with van der Waals surface area (Å²) in [6.07, 6.45) is 1.12. The molecule has 0 aromatic heterocycles. The van der Waals surface area contributed by atoms with Crippen molar-refractivity contribution in [1.29, 1.82) is 0 Å². The average Bonchev–Trinajstić information content (AvgIpc) is 2.34. The summed E-state index contributed by atoms with van der Waals surface area (Å²) < 4.78 is 0. The molecule has 0 radical (unpaired) electrons. The number of benzene rings is 1. The molecule has 7 nitrogen and oxygen atoms in total. The normalized spacial score (nSPS) is 20.8. The van der Waals surface area contributed by atoms with Crippen molar-refractivity contribution in [3.63, 3.8) is 0 Å². The van der Waals surface area contributed by atoms with Crippen LogP contribution < -0.4 is 5.32 Å². The fourth-order valence-corrected chi connectivity index (χ4v) is 2.17. The third kappa shape index (κ3) is 2.93. The minimum Gasteiger partial charge on any atom is -0.481 e. The third-order valence-corrected chi connectivity index (χ3v) is 3.54. The van der Waals surface area contributed by atoms with Crippen LogP contribution in [-0.4, -0.2) is 21.9 Å². The van der Waals surface area contributed by atoms with Crippen molar-refractivity contribution in [2.75, 3.05) is 0 Å². The van der Waals surface area contributed by atoms with Gasteiger partial charge in [0.15, 0.2) is 0 Å². The van der Waals surface area contributed by atoms with Gasteiger partial charge < -0.3 is 10.4 Å². The smallest absolute Gasteiger partial charge is 0.307 e. The molecule has 1 aliphatic rings. The van der Waals surface area contributed by atoms with Gasteiger partial charge in [0.25, 0.3) is 5.69 Å². The number of carbonyl (C=O) groups excluding carboxylic acids is 1. The van der Waals surface area contributed by atoms with Gasteiger partial charge in [0.1, 0.15) is 0 Å². The van der Waals surface area contributed by atoms with Gasteiger partial charge in [0.05, 0.1) is 16.8 Å². The van der Waals surface area contributed by atoms with Gasteiger partial charge in [-0.2, -0.15) is 0 Å². The van der Waals surface area contributed by atoms with Crippen LogP contribution in [0.2, 0.25) is 0 Å². The molecule has 1 aromatic rings. The van der Waals surface area contributed by atoms with Crippen LogP contribution in [0.3, 0.4) is 0 Å². The lowest BCUT2D eigenvalue weighted by Crippen LogP contribution is -2.43. The molecule has 0 bridgehead atoms. The number of nitro benzene ring substituents is 1. The van der Waals surface area contributed by atoms with Gasteiger partial charge in [-0.25, -0.2) is 0 Å². The molecule has 2 N–H and O–H groups in total. The van der Waals surface area contributed by atoms with E-state index in [4.69, 9.17) is 5.11 Å². The lowest BCUT2D eigenvalue weighted by molar-refractivity contribution is -0.384. The van der Waals surface area contributed by atoms with E-state index in [0.717, 1.165) is 5.56 Å². The van der Waals surface area contributed by atoms with Gasteiger partial charge in [0, 0.05) is 18.7 Å². The number of hydrogen-bond acceptors (Lipinski definition) is 4. The van der Waals surface area contributed by atoms with E-state index in [1.165, 1.54) is 12.1 Å².